The highest BCUT2D eigenvalue weighted by Crippen LogP contribution is 2.25. The van der Waals surface area contributed by atoms with Crippen molar-refractivity contribution >= 4 is 33.9 Å². The number of allylic oxidation sites excluding steroid dienone is 3. The van der Waals surface area contributed by atoms with Crippen LogP contribution in [0.2, 0.25) is 0 Å². The number of aromatic nitrogens is 4. The Kier molecular flexibility index (Phi) is 5.40. The van der Waals surface area contributed by atoms with Crippen molar-refractivity contribution < 1.29 is 4.79 Å². The number of nitrogens with zero attached hydrogens (tertiary/aromatic N) is 4. The smallest absolute Gasteiger partial charge is 0.273 e. The Hall–Kier alpha value is -5.06. The molecule has 1 aromatic carbocycles. The first kappa shape index (κ1) is 20.8. The summed E-state index contributed by atoms with van der Waals surface area (Å²) < 4.78 is 0. The van der Waals surface area contributed by atoms with Crippen LogP contribution in [-0.2, 0) is 4.79 Å². The summed E-state index contributed by atoms with van der Waals surface area (Å²) in [6.45, 7) is 0. The molecule has 0 spiro atoms. The van der Waals surface area contributed by atoms with Crippen molar-refractivity contribution in [1.82, 2.24) is 35.9 Å². The standard InChI is InChI=1S/C23H22N10O/c24-7-5-17(11-25)29-23(34)20-10-18-3-1-14(13-33(18)32-20)22-26-8-6-21(30-22)28-16-2-4-19-15(9-16)12-27-31-19/h1-13,18,32H,24-25H2,(H,27,31)(H,29,34)(H,26,28,30)/b7-5-,17-11+. The highest BCUT2D eigenvalue weighted by molar-refractivity contribution is 5.95. The molecule has 1 atom stereocenters. The number of fused-ring (bicyclic) bond motifs is 2. The molecule has 1 unspecified atom stereocenters. The molecule has 2 aromatic heterocycles. The molecule has 0 fully saturated rings. The van der Waals surface area contributed by atoms with Gasteiger partial charge in [-0.1, -0.05) is 12.2 Å². The number of benzene rings is 1. The Morgan fingerprint density at radius 2 is 2.15 bits per heavy atom. The number of nitrogens with two attached hydrogens (primary N) is 2. The Bertz CT molecular complexity index is 1400. The second-order valence-corrected chi connectivity index (χ2v) is 7.53. The molecule has 0 aliphatic carbocycles. The summed E-state index contributed by atoms with van der Waals surface area (Å²) in [4.78, 5) is 21.6. The number of rotatable bonds is 6. The fraction of sp³-hybridized carbons (Fsp3) is 0.0435. The number of aromatic amines is 1. The fourth-order valence-corrected chi connectivity index (χ4v) is 3.60. The Balaban J connectivity index is 1.29. The van der Waals surface area contributed by atoms with Gasteiger partial charge in [-0.3, -0.25) is 20.3 Å². The largest absolute Gasteiger partial charge is 0.405 e. The minimum atomic E-state index is -0.329. The highest BCUT2D eigenvalue weighted by atomic mass is 16.2. The van der Waals surface area contributed by atoms with Gasteiger partial charge in [-0.2, -0.15) is 5.10 Å². The number of carbonyl (C=O) groups is 1. The molecule has 1 amide bonds. The summed E-state index contributed by atoms with van der Waals surface area (Å²) in [5, 5.41) is 15.8. The molecule has 3 aromatic rings. The van der Waals surface area contributed by atoms with Gasteiger partial charge in [-0.25, -0.2) is 9.97 Å². The lowest BCUT2D eigenvalue weighted by Gasteiger charge is -2.25. The molecule has 8 N–H and O–H groups in total. The van der Waals surface area contributed by atoms with E-state index in [0.29, 0.717) is 23.0 Å². The molecule has 5 rings (SSSR count). The van der Waals surface area contributed by atoms with Gasteiger partial charge in [0, 0.05) is 35.2 Å². The molecular formula is C23H22N10O. The number of carbonyl (C=O) groups excluding carboxylic acids is 1. The Morgan fingerprint density at radius 3 is 3.00 bits per heavy atom. The molecule has 4 heterocycles. The van der Waals surface area contributed by atoms with Gasteiger partial charge >= 0.3 is 0 Å². The van der Waals surface area contributed by atoms with Crippen LogP contribution in [0.5, 0.6) is 0 Å². The monoisotopic (exact) mass is 454 g/mol. The lowest BCUT2D eigenvalue weighted by atomic mass is 10.1. The van der Waals surface area contributed by atoms with E-state index < -0.39 is 0 Å². The third kappa shape index (κ3) is 4.17. The van der Waals surface area contributed by atoms with Crippen LogP contribution < -0.4 is 27.5 Å². The maximum absolute atomic E-state index is 12.5. The molecule has 0 bridgehead atoms. The van der Waals surface area contributed by atoms with Gasteiger partial charge < -0.3 is 22.1 Å². The molecule has 2 aliphatic rings. The maximum Gasteiger partial charge on any atom is 0.273 e. The summed E-state index contributed by atoms with van der Waals surface area (Å²) in [6.07, 6.45) is 15.1. The van der Waals surface area contributed by atoms with Crippen LogP contribution in [0.25, 0.3) is 16.5 Å². The van der Waals surface area contributed by atoms with E-state index in [1.165, 1.54) is 18.5 Å². The van der Waals surface area contributed by atoms with E-state index in [0.717, 1.165) is 22.2 Å². The average molecular weight is 454 g/mol. The van der Waals surface area contributed by atoms with E-state index in [4.69, 9.17) is 11.5 Å². The topological polar surface area (TPSA) is 163 Å². The van der Waals surface area contributed by atoms with E-state index in [1.807, 2.05) is 47.6 Å². The minimum Gasteiger partial charge on any atom is -0.405 e. The zero-order valence-electron chi connectivity index (χ0n) is 17.9. The first-order valence-corrected chi connectivity index (χ1v) is 10.4. The van der Waals surface area contributed by atoms with Crippen molar-refractivity contribution in [2.24, 2.45) is 11.5 Å². The number of amides is 1. The average Bonchev–Trinajstić information content (AvgIpc) is 3.50. The van der Waals surface area contributed by atoms with E-state index >= 15 is 0 Å². The first-order chi connectivity index (χ1) is 16.6. The predicted molar refractivity (Wildman–Crippen MR) is 129 cm³/mol. The fourth-order valence-electron chi connectivity index (χ4n) is 3.60. The molecule has 170 valence electrons. The normalized spacial score (nSPS) is 17.4. The number of hydrazine groups is 1. The van der Waals surface area contributed by atoms with Crippen molar-refractivity contribution in [1.29, 1.82) is 0 Å². The maximum atomic E-state index is 12.5. The molecule has 11 heteroatoms. The first-order valence-electron chi connectivity index (χ1n) is 10.4. The Labute approximate surface area is 194 Å². The zero-order chi connectivity index (χ0) is 23.5. The number of nitrogens with one attached hydrogen (secondary N) is 4. The van der Waals surface area contributed by atoms with Crippen LogP contribution in [-0.4, -0.2) is 37.1 Å². The van der Waals surface area contributed by atoms with Gasteiger partial charge in [-0.15, -0.1) is 0 Å². The van der Waals surface area contributed by atoms with Crippen molar-refractivity contribution in [3.8, 4) is 0 Å². The molecule has 0 saturated carbocycles. The van der Waals surface area contributed by atoms with Gasteiger partial charge in [-0.05, 0) is 42.6 Å². The molecule has 0 radical (unpaired) electrons. The molecule has 34 heavy (non-hydrogen) atoms. The van der Waals surface area contributed by atoms with Crippen LogP contribution in [0.15, 0.2) is 91.0 Å². The molecular weight excluding hydrogens is 432 g/mol. The lowest BCUT2D eigenvalue weighted by Crippen LogP contribution is -2.38. The van der Waals surface area contributed by atoms with Gasteiger partial charge in [0.2, 0.25) is 0 Å². The molecule has 2 aliphatic heterocycles. The second kappa shape index (κ2) is 8.82. The third-order valence-corrected chi connectivity index (χ3v) is 5.24. The van der Waals surface area contributed by atoms with Crippen molar-refractivity contribution in [3.63, 3.8) is 0 Å². The number of anilines is 2. The molecule has 11 nitrogen and oxygen atoms in total. The SMILES string of the molecule is N/C=C\C(=C/N)NC(=O)C1=CC2C=CC(c3nccc(Nc4ccc5[nH]ncc5c4)n3)=CN2N1. The van der Waals surface area contributed by atoms with Gasteiger partial charge in [0.15, 0.2) is 5.82 Å². The van der Waals surface area contributed by atoms with E-state index in [-0.39, 0.29) is 11.9 Å². The summed E-state index contributed by atoms with van der Waals surface area (Å²) in [5.74, 6) is 0.876. The molecule has 0 saturated heterocycles. The lowest BCUT2D eigenvalue weighted by molar-refractivity contribution is -0.117. The van der Waals surface area contributed by atoms with Crippen LogP contribution in [0.4, 0.5) is 11.5 Å². The van der Waals surface area contributed by atoms with Crippen LogP contribution in [0.1, 0.15) is 5.82 Å². The van der Waals surface area contributed by atoms with Gasteiger partial charge in [0.25, 0.3) is 5.91 Å². The van der Waals surface area contributed by atoms with E-state index in [1.54, 1.807) is 18.5 Å². The minimum absolute atomic E-state index is 0.122. The van der Waals surface area contributed by atoms with Crippen LogP contribution in [0.3, 0.4) is 0 Å². The van der Waals surface area contributed by atoms with E-state index in [9.17, 15) is 4.79 Å². The quantitative estimate of drug-likeness (QED) is 0.303. The van der Waals surface area contributed by atoms with Crippen LogP contribution >= 0.6 is 0 Å². The van der Waals surface area contributed by atoms with Crippen molar-refractivity contribution in [2.75, 3.05) is 5.32 Å². The summed E-state index contributed by atoms with van der Waals surface area (Å²) in [6, 6.07) is 7.58. The number of hydrogen-bond donors (Lipinski definition) is 6. The van der Waals surface area contributed by atoms with Crippen LogP contribution in [0, 0.1) is 0 Å². The second-order valence-electron chi connectivity index (χ2n) is 7.53. The predicted octanol–water partition coefficient (Wildman–Crippen LogP) is 1.47. The number of hydrogen-bond acceptors (Lipinski definition) is 9. The third-order valence-electron chi connectivity index (χ3n) is 5.24. The summed E-state index contributed by atoms with van der Waals surface area (Å²) in [5.41, 5.74) is 17.4. The highest BCUT2D eigenvalue weighted by Gasteiger charge is 2.27. The van der Waals surface area contributed by atoms with E-state index in [2.05, 4.69) is 36.2 Å². The summed E-state index contributed by atoms with van der Waals surface area (Å²) >= 11 is 0. The van der Waals surface area contributed by atoms with Gasteiger partial charge in [0.1, 0.15) is 11.5 Å². The Morgan fingerprint density at radius 1 is 1.24 bits per heavy atom. The summed E-state index contributed by atoms with van der Waals surface area (Å²) in [7, 11) is 0. The number of H-pyrrole nitrogens is 1. The zero-order valence-corrected chi connectivity index (χ0v) is 17.9. The van der Waals surface area contributed by atoms with Crippen molar-refractivity contribution in [3.05, 3.63) is 96.8 Å². The van der Waals surface area contributed by atoms with Gasteiger partial charge in [0.05, 0.1) is 23.5 Å². The van der Waals surface area contributed by atoms with Crippen molar-refractivity contribution in [2.45, 2.75) is 6.04 Å².